The Morgan fingerprint density at radius 1 is 0.955 bits per heavy atom. The third-order valence-electron chi connectivity index (χ3n) is 3.34. The van der Waals surface area contributed by atoms with Gasteiger partial charge in [0.1, 0.15) is 5.75 Å². The number of nitrogens with zero attached hydrogens (tertiary/aromatic N) is 2. The summed E-state index contributed by atoms with van der Waals surface area (Å²) in [6, 6.07) is 12.5. The number of carbonyl (C=O) groups is 1. The van der Waals surface area contributed by atoms with Crippen molar-refractivity contribution >= 4 is 39.6 Å². The monoisotopic (exact) mass is 404 g/mol. The van der Waals surface area contributed by atoms with Gasteiger partial charge in [-0.15, -0.1) is 0 Å². The van der Waals surface area contributed by atoms with Gasteiger partial charge in [0.05, 0.1) is 28.0 Å². The van der Waals surface area contributed by atoms with Crippen LogP contribution in [0.5, 0.6) is 5.75 Å². The molecule has 0 aliphatic rings. The molecule has 0 N–H and O–H groups in total. The van der Waals surface area contributed by atoms with Gasteiger partial charge in [0.2, 0.25) is 0 Å². The molecule has 1 aromatic heterocycles. The van der Waals surface area contributed by atoms with E-state index in [-0.39, 0.29) is 0 Å². The Bertz CT molecular complexity index is 860. The molecule has 0 amide bonds. The summed E-state index contributed by atoms with van der Waals surface area (Å²) in [5, 5.41) is 0. The standard InChI is InChI=1S/C17H13IN2O2/c1-10-11(2)20-16-9-12(3-8-15(16)19-10)17(21)22-14-6-4-13(18)5-7-14/h3-9H,1-2H3. The van der Waals surface area contributed by atoms with Gasteiger partial charge in [0, 0.05) is 3.57 Å². The van der Waals surface area contributed by atoms with E-state index in [9.17, 15) is 4.79 Å². The molecule has 0 fully saturated rings. The molecule has 0 aliphatic heterocycles. The summed E-state index contributed by atoms with van der Waals surface area (Å²) in [6.45, 7) is 3.82. The fraction of sp³-hybridized carbons (Fsp3) is 0.118. The van der Waals surface area contributed by atoms with E-state index < -0.39 is 5.97 Å². The van der Waals surface area contributed by atoms with Crippen LogP contribution in [0, 0.1) is 17.4 Å². The molecule has 3 rings (SSSR count). The number of hydrogen-bond donors (Lipinski definition) is 0. The highest BCUT2D eigenvalue weighted by Crippen LogP contribution is 2.18. The van der Waals surface area contributed by atoms with Crippen LogP contribution in [0.25, 0.3) is 11.0 Å². The zero-order valence-electron chi connectivity index (χ0n) is 12.1. The Morgan fingerprint density at radius 3 is 2.27 bits per heavy atom. The lowest BCUT2D eigenvalue weighted by Gasteiger charge is -2.06. The van der Waals surface area contributed by atoms with Crippen molar-refractivity contribution in [1.29, 1.82) is 0 Å². The predicted molar refractivity (Wildman–Crippen MR) is 93.1 cm³/mol. The number of ether oxygens (including phenoxy) is 1. The van der Waals surface area contributed by atoms with Gasteiger partial charge in [-0.2, -0.15) is 0 Å². The lowest BCUT2D eigenvalue weighted by Crippen LogP contribution is -2.08. The molecule has 22 heavy (non-hydrogen) atoms. The number of esters is 1. The number of aryl methyl sites for hydroxylation is 2. The molecule has 5 heteroatoms. The van der Waals surface area contributed by atoms with E-state index in [1.54, 1.807) is 30.3 Å². The molecular weight excluding hydrogens is 391 g/mol. The summed E-state index contributed by atoms with van der Waals surface area (Å²) >= 11 is 2.20. The van der Waals surface area contributed by atoms with Crippen molar-refractivity contribution in [2.75, 3.05) is 0 Å². The minimum absolute atomic E-state index is 0.400. The van der Waals surface area contributed by atoms with E-state index in [4.69, 9.17) is 4.74 Å². The maximum absolute atomic E-state index is 12.2. The normalized spacial score (nSPS) is 10.7. The Hall–Kier alpha value is -2.02. The molecule has 110 valence electrons. The first kappa shape index (κ1) is 14.9. The van der Waals surface area contributed by atoms with E-state index in [0.717, 1.165) is 20.5 Å². The molecule has 0 radical (unpaired) electrons. The van der Waals surface area contributed by atoms with Gasteiger partial charge in [-0.25, -0.2) is 14.8 Å². The first-order valence-electron chi connectivity index (χ1n) is 6.76. The van der Waals surface area contributed by atoms with Crippen LogP contribution in [-0.4, -0.2) is 15.9 Å². The van der Waals surface area contributed by atoms with Crippen LogP contribution in [0.1, 0.15) is 21.7 Å². The van der Waals surface area contributed by atoms with E-state index in [1.165, 1.54) is 0 Å². The molecule has 0 atom stereocenters. The minimum Gasteiger partial charge on any atom is -0.423 e. The number of fused-ring (bicyclic) bond motifs is 1. The van der Waals surface area contributed by atoms with Gasteiger partial charge in [-0.3, -0.25) is 0 Å². The lowest BCUT2D eigenvalue weighted by molar-refractivity contribution is 0.0735. The van der Waals surface area contributed by atoms with Crippen LogP contribution in [-0.2, 0) is 0 Å². The van der Waals surface area contributed by atoms with Crippen LogP contribution in [0.4, 0.5) is 0 Å². The van der Waals surface area contributed by atoms with Gasteiger partial charge in [0.25, 0.3) is 0 Å². The van der Waals surface area contributed by atoms with Gasteiger partial charge in [0.15, 0.2) is 0 Å². The molecule has 0 saturated heterocycles. The second-order valence-electron chi connectivity index (χ2n) is 4.94. The largest absolute Gasteiger partial charge is 0.423 e. The number of carbonyl (C=O) groups excluding carboxylic acids is 1. The number of rotatable bonds is 2. The third kappa shape index (κ3) is 3.09. The van der Waals surface area contributed by atoms with Crippen molar-refractivity contribution in [2.45, 2.75) is 13.8 Å². The fourth-order valence-corrected chi connectivity index (χ4v) is 2.39. The minimum atomic E-state index is -0.400. The Balaban J connectivity index is 1.90. The number of hydrogen-bond acceptors (Lipinski definition) is 4. The van der Waals surface area contributed by atoms with Gasteiger partial charge in [-0.1, -0.05) is 0 Å². The molecule has 0 unspecified atom stereocenters. The van der Waals surface area contributed by atoms with E-state index in [2.05, 4.69) is 32.6 Å². The van der Waals surface area contributed by atoms with Gasteiger partial charge < -0.3 is 4.74 Å². The third-order valence-corrected chi connectivity index (χ3v) is 4.05. The zero-order chi connectivity index (χ0) is 15.7. The van der Waals surface area contributed by atoms with Crippen LogP contribution < -0.4 is 4.74 Å². The van der Waals surface area contributed by atoms with Crippen molar-refractivity contribution in [3.63, 3.8) is 0 Å². The quantitative estimate of drug-likeness (QED) is 0.367. The average Bonchev–Trinajstić information content (AvgIpc) is 2.50. The summed E-state index contributed by atoms with van der Waals surface area (Å²) in [4.78, 5) is 21.1. The van der Waals surface area contributed by atoms with Crippen molar-refractivity contribution in [3.8, 4) is 5.75 Å². The average molecular weight is 404 g/mol. The first-order valence-corrected chi connectivity index (χ1v) is 7.83. The highest BCUT2D eigenvalue weighted by molar-refractivity contribution is 14.1. The zero-order valence-corrected chi connectivity index (χ0v) is 14.3. The number of benzene rings is 2. The second-order valence-corrected chi connectivity index (χ2v) is 6.19. The van der Waals surface area contributed by atoms with E-state index in [1.807, 2.05) is 26.0 Å². The first-order chi connectivity index (χ1) is 10.5. The van der Waals surface area contributed by atoms with E-state index >= 15 is 0 Å². The molecule has 0 bridgehead atoms. The van der Waals surface area contributed by atoms with E-state index in [0.29, 0.717) is 16.8 Å². The lowest BCUT2D eigenvalue weighted by atomic mass is 10.2. The fourth-order valence-electron chi connectivity index (χ4n) is 2.03. The van der Waals surface area contributed by atoms with Crippen LogP contribution in [0.2, 0.25) is 0 Å². The molecule has 0 saturated carbocycles. The van der Waals surface area contributed by atoms with Crippen molar-refractivity contribution in [1.82, 2.24) is 9.97 Å². The summed E-state index contributed by atoms with van der Waals surface area (Å²) in [7, 11) is 0. The Morgan fingerprint density at radius 2 is 1.59 bits per heavy atom. The highest BCUT2D eigenvalue weighted by Gasteiger charge is 2.11. The van der Waals surface area contributed by atoms with Crippen molar-refractivity contribution < 1.29 is 9.53 Å². The van der Waals surface area contributed by atoms with Crippen molar-refractivity contribution in [3.05, 3.63) is 63.0 Å². The number of halogens is 1. The van der Waals surface area contributed by atoms with Crippen LogP contribution in [0.15, 0.2) is 42.5 Å². The van der Waals surface area contributed by atoms with Gasteiger partial charge >= 0.3 is 5.97 Å². The van der Waals surface area contributed by atoms with Crippen LogP contribution in [0.3, 0.4) is 0 Å². The van der Waals surface area contributed by atoms with Crippen LogP contribution >= 0.6 is 22.6 Å². The molecule has 1 heterocycles. The summed E-state index contributed by atoms with van der Waals surface area (Å²) in [6.07, 6.45) is 0. The second kappa shape index (κ2) is 6.00. The topological polar surface area (TPSA) is 52.1 Å². The van der Waals surface area contributed by atoms with Gasteiger partial charge in [-0.05, 0) is 78.9 Å². The predicted octanol–water partition coefficient (Wildman–Crippen LogP) is 4.07. The molecule has 3 aromatic rings. The SMILES string of the molecule is Cc1nc2ccc(C(=O)Oc3ccc(I)cc3)cc2nc1C. The molecule has 0 aliphatic carbocycles. The summed E-state index contributed by atoms with van der Waals surface area (Å²) in [5.41, 5.74) is 3.68. The maximum atomic E-state index is 12.2. The van der Waals surface area contributed by atoms with Crippen molar-refractivity contribution in [2.24, 2.45) is 0 Å². The Kier molecular flexibility index (Phi) is 4.06. The molecular formula is C17H13IN2O2. The Labute approximate surface area is 141 Å². The molecule has 4 nitrogen and oxygen atoms in total. The summed E-state index contributed by atoms with van der Waals surface area (Å²) in [5.74, 6) is 0.125. The maximum Gasteiger partial charge on any atom is 0.343 e. The highest BCUT2D eigenvalue weighted by atomic mass is 127. The smallest absolute Gasteiger partial charge is 0.343 e. The number of aromatic nitrogens is 2. The molecule has 2 aromatic carbocycles. The summed E-state index contributed by atoms with van der Waals surface area (Å²) < 4.78 is 6.46. The molecule has 0 spiro atoms.